The predicted octanol–water partition coefficient (Wildman–Crippen LogP) is 1.98. The Hall–Kier alpha value is -2.64. The Kier molecular flexibility index (Phi) is 6.33. The quantitative estimate of drug-likeness (QED) is 0.508. The zero-order valence-corrected chi connectivity index (χ0v) is 18.3. The number of hydrogen-bond acceptors (Lipinski definition) is 10. The number of nitrogens with zero attached hydrogens (tertiary/aromatic N) is 5. The van der Waals surface area contributed by atoms with Crippen LogP contribution in [0.15, 0.2) is 27.0 Å². The standard InChI is InChI=1S/C16H18ClN7O4S2/c1-8-5-12(11(6-10(8)17)29-7-13(25)26)30(27,28)23-15-20-14(18)21-16(22-15)24-9(2)3-4-19-24/h4-6,9H,3,7H2,1-2H3,(H,25,26)(H3,18,20,21,22,23)/t9-/m1/s1. The first-order chi connectivity index (χ1) is 14.1. The minimum absolute atomic E-state index is 0.0193. The highest BCUT2D eigenvalue weighted by Gasteiger charge is 2.25. The van der Waals surface area contributed by atoms with E-state index in [2.05, 4.69) is 24.8 Å². The normalized spacial score (nSPS) is 16.1. The van der Waals surface area contributed by atoms with Crippen LogP contribution < -0.4 is 15.5 Å². The minimum Gasteiger partial charge on any atom is -0.481 e. The Morgan fingerprint density at radius 3 is 2.77 bits per heavy atom. The molecule has 0 bridgehead atoms. The molecule has 30 heavy (non-hydrogen) atoms. The Morgan fingerprint density at radius 2 is 2.13 bits per heavy atom. The summed E-state index contributed by atoms with van der Waals surface area (Å²) in [5.41, 5.74) is 6.23. The number of benzene rings is 1. The molecular formula is C16H18ClN7O4S2. The van der Waals surface area contributed by atoms with Crippen LogP contribution in [-0.4, -0.2) is 52.5 Å². The first-order valence-electron chi connectivity index (χ1n) is 8.57. The molecule has 1 aliphatic heterocycles. The van der Waals surface area contributed by atoms with Gasteiger partial charge in [0.15, 0.2) is 0 Å². The van der Waals surface area contributed by atoms with Gasteiger partial charge in [-0.05, 0) is 31.5 Å². The number of sulfonamides is 1. The molecule has 0 radical (unpaired) electrons. The van der Waals surface area contributed by atoms with Crippen molar-refractivity contribution < 1.29 is 18.3 Å². The Morgan fingerprint density at radius 1 is 1.40 bits per heavy atom. The number of rotatable bonds is 7. The maximum absolute atomic E-state index is 13.0. The summed E-state index contributed by atoms with van der Waals surface area (Å²) >= 11 is 6.93. The van der Waals surface area contributed by atoms with Gasteiger partial charge in [0.1, 0.15) is 4.90 Å². The number of aryl methyl sites for hydroxylation is 1. The van der Waals surface area contributed by atoms with Crippen LogP contribution in [0.2, 0.25) is 5.02 Å². The lowest BCUT2D eigenvalue weighted by Gasteiger charge is -2.18. The summed E-state index contributed by atoms with van der Waals surface area (Å²) < 4.78 is 28.4. The molecule has 4 N–H and O–H groups in total. The molecule has 1 aromatic heterocycles. The minimum atomic E-state index is -4.19. The maximum Gasteiger partial charge on any atom is 0.313 e. The van der Waals surface area contributed by atoms with Gasteiger partial charge in [0.05, 0.1) is 11.8 Å². The molecule has 1 aliphatic rings. The van der Waals surface area contributed by atoms with Crippen molar-refractivity contribution in [3.05, 3.63) is 22.7 Å². The lowest BCUT2D eigenvalue weighted by atomic mass is 10.2. The van der Waals surface area contributed by atoms with Crippen LogP contribution in [0.4, 0.5) is 17.8 Å². The van der Waals surface area contributed by atoms with Crippen LogP contribution in [0.1, 0.15) is 18.9 Å². The van der Waals surface area contributed by atoms with Gasteiger partial charge in [-0.15, -0.1) is 11.8 Å². The molecule has 2 heterocycles. The second-order valence-corrected chi connectivity index (χ2v) is 9.46. The van der Waals surface area contributed by atoms with Crippen molar-refractivity contribution in [2.24, 2.45) is 5.10 Å². The molecule has 2 aromatic rings. The number of carboxylic acids is 1. The molecule has 0 saturated carbocycles. The topological polar surface area (TPSA) is 164 Å². The van der Waals surface area contributed by atoms with Crippen molar-refractivity contribution in [3.8, 4) is 0 Å². The fraction of sp³-hybridized carbons (Fsp3) is 0.312. The summed E-state index contributed by atoms with van der Waals surface area (Å²) in [6.07, 6.45) is 2.37. The van der Waals surface area contributed by atoms with Crippen molar-refractivity contribution in [1.29, 1.82) is 0 Å². The van der Waals surface area contributed by atoms with Crippen molar-refractivity contribution in [1.82, 2.24) is 15.0 Å². The average molecular weight is 472 g/mol. The van der Waals surface area contributed by atoms with Gasteiger partial charge in [-0.25, -0.2) is 18.1 Å². The van der Waals surface area contributed by atoms with E-state index in [0.717, 1.165) is 11.8 Å². The first kappa shape index (κ1) is 22.1. The molecule has 0 aliphatic carbocycles. The number of aliphatic carboxylic acids is 1. The monoisotopic (exact) mass is 471 g/mol. The van der Waals surface area contributed by atoms with E-state index < -0.39 is 16.0 Å². The molecule has 0 fully saturated rings. The zero-order chi connectivity index (χ0) is 22.1. The number of hydrazone groups is 1. The number of nitrogen functional groups attached to an aromatic ring is 1. The van der Waals surface area contributed by atoms with E-state index in [0.29, 0.717) is 17.0 Å². The van der Waals surface area contributed by atoms with Gasteiger partial charge < -0.3 is 10.8 Å². The number of nitrogens with one attached hydrogen (secondary N) is 1. The summed E-state index contributed by atoms with van der Waals surface area (Å²) in [5, 5.41) is 14.9. The number of carboxylic acid groups (broad SMARTS) is 1. The van der Waals surface area contributed by atoms with Gasteiger partial charge in [0, 0.05) is 22.6 Å². The van der Waals surface area contributed by atoms with Crippen LogP contribution >= 0.6 is 23.4 Å². The lowest BCUT2D eigenvalue weighted by molar-refractivity contribution is -0.133. The number of hydrogen-bond donors (Lipinski definition) is 3. The largest absolute Gasteiger partial charge is 0.481 e. The van der Waals surface area contributed by atoms with Gasteiger partial charge in [-0.3, -0.25) is 4.79 Å². The molecule has 0 unspecified atom stereocenters. The third-order valence-corrected chi connectivity index (χ3v) is 6.95. The molecule has 160 valence electrons. The van der Waals surface area contributed by atoms with Gasteiger partial charge in [-0.1, -0.05) is 11.6 Å². The van der Waals surface area contributed by atoms with Gasteiger partial charge in [0.25, 0.3) is 16.0 Å². The maximum atomic E-state index is 13.0. The Balaban J connectivity index is 1.97. The molecule has 0 spiro atoms. The van der Waals surface area contributed by atoms with Gasteiger partial charge in [-0.2, -0.15) is 20.1 Å². The van der Waals surface area contributed by atoms with E-state index in [4.69, 9.17) is 22.4 Å². The van der Waals surface area contributed by atoms with Crippen LogP contribution in [0.25, 0.3) is 0 Å². The second kappa shape index (κ2) is 8.62. The summed E-state index contributed by atoms with van der Waals surface area (Å²) in [5.74, 6) is -1.79. The zero-order valence-electron chi connectivity index (χ0n) is 15.9. The van der Waals surface area contributed by atoms with E-state index in [1.807, 2.05) is 6.92 Å². The molecule has 3 rings (SSSR count). The smallest absolute Gasteiger partial charge is 0.313 e. The molecule has 14 heteroatoms. The lowest BCUT2D eigenvalue weighted by Crippen LogP contribution is -2.26. The molecule has 0 saturated heterocycles. The number of thioether (sulfide) groups is 1. The van der Waals surface area contributed by atoms with Crippen molar-refractivity contribution in [2.75, 3.05) is 21.2 Å². The van der Waals surface area contributed by atoms with E-state index in [1.165, 1.54) is 17.1 Å². The summed E-state index contributed by atoms with van der Waals surface area (Å²) in [6, 6.07) is 2.74. The average Bonchev–Trinajstić information content (AvgIpc) is 3.07. The first-order valence-corrected chi connectivity index (χ1v) is 11.4. The summed E-state index contributed by atoms with van der Waals surface area (Å²) in [6.45, 7) is 3.54. The van der Waals surface area contributed by atoms with Crippen LogP contribution in [0.5, 0.6) is 0 Å². The van der Waals surface area contributed by atoms with Crippen molar-refractivity contribution in [3.63, 3.8) is 0 Å². The highest BCUT2D eigenvalue weighted by Crippen LogP contribution is 2.33. The van der Waals surface area contributed by atoms with Crippen LogP contribution in [0, 0.1) is 6.92 Å². The fourth-order valence-corrected chi connectivity index (χ4v) is 5.07. The SMILES string of the molecule is Cc1cc(S(=O)(=O)Nc2nc(N)nc(N3N=CC[C@H]3C)n2)c(SCC(=O)O)cc1Cl. The number of carbonyl (C=O) groups is 1. The number of anilines is 3. The molecule has 1 atom stereocenters. The Labute approximate surface area is 181 Å². The van der Waals surface area contributed by atoms with Crippen LogP contribution in [0.3, 0.4) is 0 Å². The number of nitrogens with two attached hydrogens (primary N) is 1. The summed E-state index contributed by atoms with van der Waals surface area (Å²) in [7, 11) is -4.19. The van der Waals surface area contributed by atoms with E-state index in [-0.39, 0.29) is 39.4 Å². The Bertz CT molecular complexity index is 1130. The van der Waals surface area contributed by atoms with Crippen molar-refractivity contribution in [2.45, 2.75) is 36.1 Å². The third kappa shape index (κ3) is 4.91. The van der Waals surface area contributed by atoms with E-state index >= 15 is 0 Å². The molecular weight excluding hydrogens is 454 g/mol. The van der Waals surface area contributed by atoms with Crippen molar-refractivity contribution >= 4 is 63.4 Å². The molecule has 1 aromatic carbocycles. The van der Waals surface area contributed by atoms with E-state index in [1.54, 1.807) is 13.1 Å². The highest BCUT2D eigenvalue weighted by molar-refractivity contribution is 8.01. The highest BCUT2D eigenvalue weighted by atomic mass is 35.5. The molecule has 0 amide bonds. The summed E-state index contributed by atoms with van der Waals surface area (Å²) in [4.78, 5) is 22.9. The second-order valence-electron chi connectivity index (χ2n) is 6.38. The third-order valence-electron chi connectivity index (χ3n) is 4.01. The van der Waals surface area contributed by atoms with E-state index in [9.17, 15) is 13.2 Å². The molecule has 11 nitrogen and oxygen atoms in total. The van der Waals surface area contributed by atoms with Crippen LogP contribution in [-0.2, 0) is 14.8 Å². The predicted molar refractivity (Wildman–Crippen MR) is 115 cm³/mol. The van der Waals surface area contributed by atoms with Gasteiger partial charge in [0.2, 0.25) is 11.9 Å². The number of halogens is 1. The fourth-order valence-electron chi connectivity index (χ4n) is 2.55. The van der Waals surface area contributed by atoms with Gasteiger partial charge >= 0.3 is 5.97 Å². The number of aromatic nitrogens is 3.